The first-order valence-electron chi connectivity index (χ1n) is 12.4. The van der Waals surface area contributed by atoms with Gasteiger partial charge in [-0.1, -0.05) is 43.9 Å². The van der Waals surface area contributed by atoms with Crippen LogP contribution in [0.5, 0.6) is 0 Å². The van der Waals surface area contributed by atoms with Crippen LogP contribution in [0.4, 0.5) is 11.6 Å². The molecule has 0 aliphatic heterocycles. The number of benzene rings is 3. The van der Waals surface area contributed by atoms with E-state index in [4.69, 9.17) is 16.6 Å². The highest BCUT2D eigenvalue weighted by Crippen LogP contribution is 2.32. The van der Waals surface area contributed by atoms with Gasteiger partial charge in [-0.05, 0) is 109 Å². The van der Waals surface area contributed by atoms with Gasteiger partial charge < -0.3 is 10.0 Å². The van der Waals surface area contributed by atoms with Crippen molar-refractivity contribution in [1.29, 1.82) is 0 Å². The lowest BCUT2D eigenvalue weighted by molar-refractivity contribution is 0.461. The van der Waals surface area contributed by atoms with Crippen LogP contribution in [0.2, 0.25) is 5.02 Å². The average Bonchev–Trinajstić information content (AvgIpc) is 2.88. The number of halogens is 1. The summed E-state index contributed by atoms with van der Waals surface area (Å²) in [5, 5.41) is 5.41. The summed E-state index contributed by atoms with van der Waals surface area (Å²) < 4.78 is 3.44. The number of aromatic nitrogens is 2. The van der Waals surface area contributed by atoms with Crippen molar-refractivity contribution in [2.24, 2.45) is 0 Å². The third-order valence-electron chi connectivity index (χ3n) is 6.72. The summed E-state index contributed by atoms with van der Waals surface area (Å²) in [6, 6.07) is 19.4. The Kier molecular flexibility index (Phi) is 7.45. The van der Waals surface area contributed by atoms with E-state index in [2.05, 4.69) is 59.2 Å². The molecule has 0 amide bonds. The predicted octanol–water partition coefficient (Wildman–Crippen LogP) is 8.68. The summed E-state index contributed by atoms with van der Waals surface area (Å²) in [5.41, 5.74) is 7.05. The third-order valence-corrected chi connectivity index (χ3v) is 7.82. The molecule has 1 aromatic heterocycles. The summed E-state index contributed by atoms with van der Waals surface area (Å²) in [6.07, 6.45) is 9.26. The van der Waals surface area contributed by atoms with Crippen molar-refractivity contribution >= 4 is 46.1 Å². The molecule has 1 fully saturated rings. The Morgan fingerprint density at radius 2 is 1.80 bits per heavy atom. The maximum absolute atomic E-state index is 5.99. The molecule has 0 atom stereocenters. The van der Waals surface area contributed by atoms with Crippen molar-refractivity contribution in [1.82, 2.24) is 9.97 Å². The second-order valence-corrected chi connectivity index (χ2v) is 10.6. The lowest BCUT2D eigenvalue weighted by Gasteiger charge is -2.22. The number of nitrogens with one attached hydrogen (secondary N) is 2. The zero-order valence-electron chi connectivity index (χ0n) is 20.3. The van der Waals surface area contributed by atoms with Crippen LogP contribution in [-0.4, -0.2) is 16.0 Å². The second-order valence-electron chi connectivity index (χ2n) is 9.29. The van der Waals surface area contributed by atoms with Gasteiger partial charge in [-0.3, -0.25) is 0 Å². The van der Waals surface area contributed by atoms with E-state index in [0.717, 1.165) is 38.9 Å². The summed E-state index contributed by atoms with van der Waals surface area (Å²) in [6.45, 7) is 4.36. The SMILES string of the molecule is CCc1cc(-c2ccc(NSc3ccc(Cl)cc3)cc2C)cc2cnc(NC3CCCCC3)nc12. The van der Waals surface area contributed by atoms with Crippen LogP contribution in [0.25, 0.3) is 22.0 Å². The summed E-state index contributed by atoms with van der Waals surface area (Å²) in [4.78, 5) is 10.7. The highest BCUT2D eigenvalue weighted by Gasteiger charge is 2.15. The zero-order valence-corrected chi connectivity index (χ0v) is 21.8. The first-order chi connectivity index (χ1) is 17.1. The van der Waals surface area contributed by atoms with E-state index in [9.17, 15) is 0 Å². The molecule has 4 nitrogen and oxygen atoms in total. The van der Waals surface area contributed by atoms with E-state index in [1.807, 2.05) is 30.5 Å². The molecule has 6 heteroatoms. The Morgan fingerprint density at radius 3 is 2.54 bits per heavy atom. The number of nitrogens with zero attached hydrogens (tertiary/aromatic N) is 2. The third kappa shape index (κ3) is 5.74. The van der Waals surface area contributed by atoms with E-state index in [0.29, 0.717) is 6.04 Å². The van der Waals surface area contributed by atoms with Crippen LogP contribution >= 0.6 is 23.5 Å². The molecule has 2 N–H and O–H groups in total. The van der Waals surface area contributed by atoms with Crippen molar-refractivity contribution in [3.8, 4) is 11.1 Å². The van der Waals surface area contributed by atoms with Crippen LogP contribution < -0.4 is 10.0 Å². The Morgan fingerprint density at radius 1 is 1.00 bits per heavy atom. The first kappa shape index (κ1) is 24.0. The van der Waals surface area contributed by atoms with Crippen molar-refractivity contribution in [3.63, 3.8) is 0 Å². The molecule has 35 heavy (non-hydrogen) atoms. The lowest BCUT2D eigenvalue weighted by atomic mass is 9.95. The van der Waals surface area contributed by atoms with Gasteiger partial charge in [0.1, 0.15) is 0 Å². The predicted molar refractivity (Wildman–Crippen MR) is 151 cm³/mol. The molecular formula is C29H31ClN4S. The molecule has 0 radical (unpaired) electrons. The van der Waals surface area contributed by atoms with Gasteiger partial charge in [0.15, 0.2) is 0 Å². The largest absolute Gasteiger partial charge is 0.351 e. The fourth-order valence-electron chi connectivity index (χ4n) is 4.81. The van der Waals surface area contributed by atoms with Crippen LogP contribution in [-0.2, 0) is 6.42 Å². The number of hydrogen-bond donors (Lipinski definition) is 2. The molecule has 3 aromatic carbocycles. The van der Waals surface area contributed by atoms with Gasteiger partial charge in [0.2, 0.25) is 5.95 Å². The molecule has 0 spiro atoms. The zero-order chi connectivity index (χ0) is 24.2. The molecular weight excluding hydrogens is 472 g/mol. The Balaban J connectivity index is 1.37. The number of anilines is 2. The Bertz CT molecular complexity index is 1320. The topological polar surface area (TPSA) is 49.8 Å². The molecule has 4 aromatic rings. The van der Waals surface area contributed by atoms with Crippen molar-refractivity contribution in [2.75, 3.05) is 10.0 Å². The maximum Gasteiger partial charge on any atom is 0.223 e. The highest BCUT2D eigenvalue weighted by molar-refractivity contribution is 8.00. The van der Waals surface area contributed by atoms with Crippen LogP contribution in [0, 0.1) is 6.92 Å². The minimum atomic E-state index is 0.498. The summed E-state index contributed by atoms with van der Waals surface area (Å²) in [5.74, 6) is 0.761. The van der Waals surface area contributed by atoms with Crippen LogP contribution in [0.1, 0.15) is 50.2 Å². The molecule has 1 heterocycles. The van der Waals surface area contributed by atoms with Crippen molar-refractivity contribution in [3.05, 3.63) is 76.9 Å². The maximum atomic E-state index is 5.99. The van der Waals surface area contributed by atoms with Gasteiger partial charge in [-0.2, -0.15) is 0 Å². The molecule has 180 valence electrons. The van der Waals surface area contributed by atoms with Gasteiger partial charge >= 0.3 is 0 Å². The first-order valence-corrected chi connectivity index (χ1v) is 13.6. The average molecular weight is 503 g/mol. The van der Waals surface area contributed by atoms with Crippen molar-refractivity contribution < 1.29 is 0 Å². The molecule has 1 aliphatic carbocycles. The van der Waals surface area contributed by atoms with Gasteiger partial charge in [0.25, 0.3) is 0 Å². The molecule has 0 saturated heterocycles. The number of rotatable bonds is 7. The quantitative estimate of drug-likeness (QED) is 0.247. The number of aryl methyl sites for hydroxylation is 2. The fourth-order valence-corrected chi connectivity index (χ4v) is 5.58. The normalized spacial score (nSPS) is 14.3. The van der Waals surface area contributed by atoms with E-state index in [1.165, 1.54) is 54.4 Å². The Hall–Kier alpha value is -2.76. The van der Waals surface area contributed by atoms with Gasteiger partial charge in [-0.25, -0.2) is 9.97 Å². The lowest BCUT2D eigenvalue weighted by Crippen LogP contribution is -2.23. The standard InChI is InChI=1S/C29H31ClN4S/c1-3-20-16-21(17-22-18-31-29(33-28(20)22)32-24-7-5-4-6-8-24)27-14-11-25(15-19(27)2)34-35-26-12-9-23(30)10-13-26/h9-18,24,34H,3-8H2,1-2H3,(H,31,32,33). The minimum absolute atomic E-state index is 0.498. The summed E-state index contributed by atoms with van der Waals surface area (Å²) >= 11 is 7.57. The van der Waals surface area contributed by atoms with E-state index >= 15 is 0 Å². The molecule has 5 rings (SSSR count). The second kappa shape index (κ2) is 10.9. The van der Waals surface area contributed by atoms with E-state index in [1.54, 1.807) is 11.9 Å². The van der Waals surface area contributed by atoms with E-state index in [-0.39, 0.29) is 0 Å². The van der Waals surface area contributed by atoms with Crippen LogP contribution in [0.15, 0.2) is 65.7 Å². The number of hydrogen-bond acceptors (Lipinski definition) is 5. The van der Waals surface area contributed by atoms with Gasteiger partial charge in [0, 0.05) is 33.2 Å². The van der Waals surface area contributed by atoms with E-state index < -0.39 is 0 Å². The summed E-state index contributed by atoms with van der Waals surface area (Å²) in [7, 11) is 0. The van der Waals surface area contributed by atoms with Crippen molar-refractivity contribution in [2.45, 2.75) is 63.3 Å². The minimum Gasteiger partial charge on any atom is -0.351 e. The van der Waals surface area contributed by atoms with Gasteiger partial charge in [0.05, 0.1) is 5.52 Å². The molecule has 0 unspecified atom stereocenters. The molecule has 1 aliphatic rings. The highest BCUT2D eigenvalue weighted by atomic mass is 35.5. The van der Waals surface area contributed by atoms with Gasteiger partial charge in [-0.15, -0.1) is 0 Å². The number of fused-ring (bicyclic) bond motifs is 1. The molecule has 0 bridgehead atoms. The monoisotopic (exact) mass is 502 g/mol. The fraction of sp³-hybridized carbons (Fsp3) is 0.310. The Labute approximate surface area is 217 Å². The molecule has 1 saturated carbocycles. The smallest absolute Gasteiger partial charge is 0.223 e. The van der Waals surface area contributed by atoms with Crippen LogP contribution in [0.3, 0.4) is 0 Å².